The lowest BCUT2D eigenvalue weighted by Crippen LogP contribution is -2.39. The normalized spacial score (nSPS) is 12.2. The lowest BCUT2D eigenvalue weighted by atomic mass is 10.1. The molecule has 1 aromatic heterocycles. The van der Waals surface area contributed by atoms with Gasteiger partial charge in [0, 0.05) is 19.1 Å². The Morgan fingerprint density at radius 2 is 1.76 bits per heavy atom. The summed E-state index contributed by atoms with van der Waals surface area (Å²) in [5.74, 6) is 3.86. The number of terminal acetylenes is 1. The van der Waals surface area contributed by atoms with Crippen LogP contribution in [0, 0.1) is 12.3 Å². The van der Waals surface area contributed by atoms with Gasteiger partial charge in [0.25, 0.3) is 0 Å². The van der Waals surface area contributed by atoms with Gasteiger partial charge in [0.15, 0.2) is 0 Å². The highest BCUT2D eigenvalue weighted by Crippen LogP contribution is 2.32. The van der Waals surface area contributed by atoms with Crippen molar-refractivity contribution in [2.24, 2.45) is 0 Å². The number of para-hydroxylation sites is 2. The van der Waals surface area contributed by atoms with Gasteiger partial charge in [-0.1, -0.05) is 49.2 Å². The third-order valence-corrected chi connectivity index (χ3v) is 5.35. The van der Waals surface area contributed by atoms with Gasteiger partial charge in [0.05, 0.1) is 29.7 Å². The zero-order chi connectivity index (χ0) is 23.6. The molecule has 0 fully saturated rings. The molecular weight excluding hydrogens is 414 g/mol. The Balaban J connectivity index is 1.96. The third kappa shape index (κ3) is 6.69. The Labute approximate surface area is 196 Å². The largest absolute Gasteiger partial charge is 0.439 e. The molecule has 1 N–H and O–H groups in total. The minimum absolute atomic E-state index is 0.192. The Hall–Kier alpha value is -3.11. The summed E-state index contributed by atoms with van der Waals surface area (Å²) in [6.45, 7) is 7.74. The van der Waals surface area contributed by atoms with Crippen LogP contribution in [0.25, 0.3) is 5.69 Å². The van der Waals surface area contributed by atoms with Gasteiger partial charge in [-0.05, 0) is 44.5 Å². The average Bonchev–Trinajstić information content (AvgIpc) is 3.17. The van der Waals surface area contributed by atoms with Crippen LogP contribution >= 0.6 is 0 Å². The molecule has 0 aliphatic carbocycles. The lowest BCUT2D eigenvalue weighted by molar-refractivity contribution is 0.0190. The summed E-state index contributed by atoms with van der Waals surface area (Å²) in [5.41, 5.74) is 2.91. The van der Waals surface area contributed by atoms with Crippen molar-refractivity contribution in [3.63, 3.8) is 0 Å². The lowest BCUT2D eigenvalue weighted by Gasteiger charge is -2.29. The zero-order valence-electron chi connectivity index (χ0n) is 19.6. The minimum Gasteiger partial charge on any atom is -0.439 e. The second-order valence-electron chi connectivity index (χ2n) is 8.14. The van der Waals surface area contributed by atoms with Crippen molar-refractivity contribution in [3.05, 3.63) is 71.9 Å². The van der Waals surface area contributed by atoms with Crippen molar-refractivity contribution >= 4 is 0 Å². The van der Waals surface area contributed by atoms with Crippen LogP contribution in [0.1, 0.15) is 32.0 Å². The number of rotatable bonds is 12. The van der Waals surface area contributed by atoms with Gasteiger partial charge >= 0.3 is 0 Å². The molecule has 1 atom stereocenters. The monoisotopic (exact) mass is 447 g/mol. The number of benzene rings is 2. The van der Waals surface area contributed by atoms with E-state index in [1.165, 1.54) is 0 Å². The van der Waals surface area contributed by atoms with Crippen LogP contribution in [0.2, 0.25) is 0 Å². The molecule has 3 aromatic rings. The van der Waals surface area contributed by atoms with Gasteiger partial charge < -0.3 is 14.6 Å². The molecule has 2 aromatic carbocycles. The number of ether oxygens (including phenoxy) is 2. The fourth-order valence-electron chi connectivity index (χ4n) is 3.61. The van der Waals surface area contributed by atoms with E-state index in [0.29, 0.717) is 19.0 Å². The molecule has 0 amide bonds. The molecule has 0 saturated heterocycles. The highest BCUT2D eigenvalue weighted by Gasteiger charge is 2.24. The van der Waals surface area contributed by atoms with E-state index in [2.05, 4.69) is 31.6 Å². The van der Waals surface area contributed by atoms with Crippen LogP contribution in [0.4, 0.5) is 0 Å². The van der Waals surface area contributed by atoms with Crippen LogP contribution in [-0.2, 0) is 17.7 Å². The zero-order valence-corrected chi connectivity index (χ0v) is 19.6. The predicted octanol–water partition coefficient (Wildman–Crippen LogP) is 4.45. The van der Waals surface area contributed by atoms with Gasteiger partial charge in [0.1, 0.15) is 12.4 Å². The van der Waals surface area contributed by atoms with E-state index >= 15 is 0 Å². The fourth-order valence-corrected chi connectivity index (χ4v) is 3.61. The molecule has 6 nitrogen and oxygen atoms in total. The molecular formula is C27H33N3O3. The number of aromatic nitrogens is 2. The first-order chi connectivity index (χ1) is 16.0. The predicted molar refractivity (Wildman–Crippen MR) is 131 cm³/mol. The summed E-state index contributed by atoms with van der Waals surface area (Å²) in [4.78, 5) is 2.20. The Kier molecular flexibility index (Phi) is 9.08. The summed E-state index contributed by atoms with van der Waals surface area (Å²) in [7, 11) is 0. The first-order valence-electron chi connectivity index (χ1n) is 11.4. The van der Waals surface area contributed by atoms with Crippen LogP contribution in [-0.4, -0.2) is 51.7 Å². The minimum atomic E-state index is -0.645. The van der Waals surface area contributed by atoms with Gasteiger partial charge in [-0.2, -0.15) is 5.10 Å². The highest BCUT2D eigenvalue weighted by molar-refractivity contribution is 5.43. The van der Waals surface area contributed by atoms with E-state index in [0.717, 1.165) is 29.1 Å². The molecule has 0 aliphatic heterocycles. The van der Waals surface area contributed by atoms with Gasteiger partial charge in [-0.25, -0.2) is 4.68 Å². The molecule has 174 valence electrons. The number of aliphatic hydroxyl groups is 1. The average molecular weight is 448 g/mol. The summed E-state index contributed by atoms with van der Waals surface area (Å²) in [5, 5.41) is 15.4. The molecule has 0 spiro atoms. The van der Waals surface area contributed by atoms with Crippen LogP contribution in [0.15, 0.2) is 60.7 Å². The maximum Gasteiger partial charge on any atom is 0.227 e. The summed E-state index contributed by atoms with van der Waals surface area (Å²) >= 11 is 0. The molecule has 0 saturated carbocycles. The molecule has 0 aliphatic rings. The van der Waals surface area contributed by atoms with E-state index in [4.69, 9.17) is 21.0 Å². The van der Waals surface area contributed by atoms with E-state index in [-0.39, 0.29) is 19.3 Å². The van der Waals surface area contributed by atoms with Crippen molar-refractivity contribution < 1.29 is 14.6 Å². The maximum absolute atomic E-state index is 10.5. The third-order valence-electron chi connectivity index (χ3n) is 5.35. The first kappa shape index (κ1) is 24.5. The highest BCUT2D eigenvalue weighted by atomic mass is 16.5. The second-order valence-corrected chi connectivity index (χ2v) is 8.14. The van der Waals surface area contributed by atoms with E-state index in [9.17, 15) is 5.11 Å². The Morgan fingerprint density at radius 3 is 2.36 bits per heavy atom. The second kappa shape index (κ2) is 12.2. The molecule has 0 radical (unpaired) electrons. The number of nitrogens with zero attached hydrogens (tertiary/aromatic N) is 3. The first-order valence-corrected chi connectivity index (χ1v) is 11.4. The summed E-state index contributed by atoms with van der Waals surface area (Å²) in [6.07, 6.45) is 5.36. The fraction of sp³-hybridized carbons (Fsp3) is 0.370. The number of hydrogen-bond acceptors (Lipinski definition) is 5. The van der Waals surface area contributed by atoms with Crippen molar-refractivity contribution in [1.82, 2.24) is 14.7 Å². The van der Waals surface area contributed by atoms with Crippen LogP contribution in [0.3, 0.4) is 0 Å². The van der Waals surface area contributed by atoms with Gasteiger partial charge in [0.2, 0.25) is 5.88 Å². The summed E-state index contributed by atoms with van der Waals surface area (Å²) in [6, 6.07) is 19.9. The van der Waals surface area contributed by atoms with Crippen molar-refractivity contribution in [3.8, 4) is 29.7 Å². The van der Waals surface area contributed by atoms with Crippen molar-refractivity contribution in [2.45, 2.75) is 45.9 Å². The van der Waals surface area contributed by atoms with Crippen molar-refractivity contribution in [2.75, 3.05) is 19.8 Å². The topological polar surface area (TPSA) is 59.8 Å². The van der Waals surface area contributed by atoms with Gasteiger partial charge in [-0.3, -0.25) is 4.90 Å². The standard InChI is InChI=1S/C27H33N3O3/c1-5-17-32-20-23(31)18-29(21(3)4)19-25-26(6-2)28-30(22-13-9-7-10-14-22)27(25)33-24-15-11-8-12-16-24/h1,7-16,21,23,31H,6,17-20H2,2-4H3. The quantitative estimate of drug-likeness (QED) is 0.328. The summed E-state index contributed by atoms with van der Waals surface area (Å²) < 4.78 is 13.6. The Bertz CT molecular complexity index is 1030. The molecule has 1 heterocycles. The number of aliphatic hydroxyl groups excluding tert-OH is 1. The van der Waals surface area contributed by atoms with E-state index in [1.54, 1.807) is 0 Å². The molecule has 3 rings (SSSR count). The van der Waals surface area contributed by atoms with Crippen molar-refractivity contribution in [1.29, 1.82) is 0 Å². The number of aryl methyl sites for hydroxylation is 1. The maximum atomic E-state index is 10.5. The van der Waals surface area contributed by atoms with Gasteiger partial charge in [-0.15, -0.1) is 6.42 Å². The van der Waals surface area contributed by atoms with Crippen LogP contribution < -0.4 is 4.74 Å². The smallest absolute Gasteiger partial charge is 0.227 e. The van der Waals surface area contributed by atoms with E-state index < -0.39 is 6.10 Å². The molecule has 1 unspecified atom stereocenters. The Morgan fingerprint density at radius 1 is 1.09 bits per heavy atom. The van der Waals surface area contributed by atoms with E-state index in [1.807, 2.05) is 65.3 Å². The molecule has 33 heavy (non-hydrogen) atoms. The molecule has 0 bridgehead atoms. The SMILES string of the molecule is C#CCOCC(O)CN(Cc1c(CC)nn(-c2ccccc2)c1Oc1ccccc1)C(C)C. The van der Waals surface area contributed by atoms with Crippen LogP contribution in [0.5, 0.6) is 11.6 Å². The molecule has 6 heteroatoms. The number of hydrogen-bond donors (Lipinski definition) is 1.